The quantitative estimate of drug-likeness (QED) is 0.477. The number of hydrogen-bond acceptors (Lipinski definition) is 3. The third kappa shape index (κ3) is 4.28. The van der Waals surface area contributed by atoms with Gasteiger partial charge in [0, 0.05) is 18.7 Å². The van der Waals surface area contributed by atoms with Crippen LogP contribution in [0.4, 0.5) is 5.69 Å². The van der Waals surface area contributed by atoms with Gasteiger partial charge in [-0.3, -0.25) is 9.59 Å². The molecule has 164 valence electrons. The first kappa shape index (κ1) is 20.7. The van der Waals surface area contributed by atoms with Crippen LogP contribution in [0.3, 0.4) is 0 Å². The number of rotatable bonds is 5. The molecule has 0 atom stereocenters. The molecule has 0 spiro atoms. The lowest BCUT2D eigenvalue weighted by Gasteiger charge is -2.18. The van der Waals surface area contributed by atoms with E-state index in [0.717, 1.165) is 37.2 Å². The molecule has 0 unspecified atom stereocenters. The third-order valence-corrected chi connectivity index (χ3v) is 5.81. The molecule has 0 aliphatic carbocycles. The van der Waals surface area contributed by atoms with E-state index in [0.29, 0.717) is 22.6 Å². The molecule has 6 nitrogen and oxygen atoms in total. The van der Waals surface area contributed by atoms with Gasteiger partial charge in [0.2, 0.25) is 0 Å². The van der Waals surface area contributed by atoms with Gasteiger partial charge in [-0.05, 0) is 43.2 Å². The van der Waals surface area contributed by atoms with Crippen molar-refractivity contribution in [3.05, 3.63) is 102 Å². The van der Waals surface area contributed by atoms with Gasteiger partial charge in [0.05, 0.1) is 22.6 Å². The van der Waals surface area contributed by atoms with E-state index in [2.05, 4.69) is 5.32 Å². The van der Waals surface area contributed by atoms with Crippen LogP contribution >= 0.6 is 0 Å². The highest BCUT2D eigenvalue weighted by molar-refractivity contribution is 6.09. The Balaban J connectivity index is 1.50. The van der Waals surface area contributed by atoms with Gasteiger partial charge < -0.3 is 10.2 Å². The standard InChI is InChI=1S/C27H24N4O2/c32-26(28-23-16-8-7-15-22(23)27(33)30-17-9-10-18-30)25-19-24(20-11-3-1-4-12-20)29-31(25)21-13-5-2-6-14-21/h1-8,11-16,19H,9-10,17-18H2,(H,28,32). The van der Waals surface area contributed by atoms with Gasteiger partial charge in [-0.25, -0.2) is 4.68 Å². The van der Waals surface area contributed by atoms with Gasteiger partial charge in [0.25, 0.3) is 11.8 Å². The van der Waals surface area contributed by atoms with Crippen LogP contribution in [0.15, 0.2) is 91.0 Å². The molecule has 3 aromatic carbocycles. The zero-order chi connectivity index (χ0) is 22.6. The molecule has 6 heteroatoms. The minimum absolute atomic E-state index is 0.0510. The number of anilines is 1. The van der Waals surface area contributed by atoms with Crippen LogP contribution in [-0.2, 0) is 0 Å². The minimum atomic E-state index is -0.324. The second kappa shape index (κ2) is 9.12. The van der Waals surface area contributed by atoms with Crippen molar-refractivity contribution in [3.63, 3.8) is 0 Å². The van der Waals surface area contributed by atoms with E-state index in [-0.39, 0.29) is 11.8 Å². The molecule has 1 aliphatic heterocycles. The summed E-state index contributed by atoms with van der Waals surface area (Å²) in [4.78, 5) is 28.3. The summed E-state index contributed by atoms with van der Waals surface area (Å²) in [5.41, 5.74) is 3.80. The first-order valence-corrected chi connectivity index (χ1v) is 11.1. The fourth-order valence-corrected chi connectivity index (χ4v) is 4.11. The Hall–Kier alpha value is -4.19. The van der Waals surface area contributed by atoms with Crippen molar-refractivity contribution in [2.75, 3.05) is 18.4 Å². The smallest absolute Gasteiger partial charge is 0.274 e. The molecule has 2 heterocycles. The Kier molecular flexibility index (Phi) is 5.72. The highest BCUT2D eigenvalue weighted by Crippen LogP contribution is 2.24. The van der Waals surface area contributed by atoms with E-state index in [9.17, 15) is 9.59 Å². The number of aromatic nitrogens is 2. The number of carbonyl (C=O) groups excluding carboxylic acids is 2. The van der Waals surface area contributed by atoms with E-state index < -0.39 is 0 Å². The SMILES string of the molecule is O=C(Nc1ccccc1C(=O)N1CCCC1)c1cc(-c2ccccc2)nn1-c1ccccc1. The summed E-state index contributed by atoms with van der Waals surface area (Å²) >= 11 is 0. The van der Waals surface area contributed by atoms with Gasteiger partial charge >= 0.3 is 0 Å². The van der Waals surface area contributed by atoms with E-state index in [1.807, 2.05) is 77.7 Å². The molecular weight excluding hydrogens is 412 g/mol. The summed E-state index contributed by atoms with van der Waals surface area (Å²) in [5.74, 6) is -0.375. The fourth-order valence-electron chi connectivity index (χ4n) is 4.11. The van der Waals surface area contributed by atoms with Crippen molar-refractivity contribution in [2.24, 2.45) is 0 Å². The molecule has 0 saturated carbocycles. The molecule has 1 N–H and O–H groups in total. The van der Waals surface area contributed by atoms with Crippen molar-refractivity contribution in [3.8, 4) is 16.9 Å². The Morgan fingerprint density at radius 2 is 1.42 bits per heavy atom. The maximum absolute atomic E-state index is 13.5. The maximum atomic E-state index is 13.5. The summed E-state index contributed by atoms with van der Waals surface area (Å²) < 4.78 is 1.64. The topological polar surface area (TPSA) is 67.2 Å². The first-order chi connectivity index (χ1) is 16.2. The summed E-state index contributed by atoms with van der Waals surface area (Å²) in [6.07, 6.45) is 2.03. The van der Waals surface area contributed by atoms with E-state index in [4.69, 9.17) is 5.10 Å². The molecule has 1 aliphatic rings. The van der Waals surface area contributed by atoms with Crippen LogP contribution in [-0.4, -0.2) is 39.6 Å². The Morgan fingerprint density at radius 1 is 0.788 bits per heavy atom. The maximum Gasteiger partial charge on any atom is 0.274 e. The average molecular weight is 437 g/mol. The fraction of sp³-hybridized carbons (Fsp3) is 0.148. The lowest BCUT2D eigenvalue weighted by molar-refractivity contribution is 0.0794. The van der Waals surface area contributed by atoms with Gasteiger partial charge in [-0.15, -0.1) is 0 Å². The summed E-state index contributed by atoms with van der Waals surface area (Å²) in [6, 6.07) is 28.2. The van der Waals surface area contributed by atoms with Gasteiger partial charge in [-0.2, -0.15) is 5.10 Å². The lowest BCUT2D eigenvalue weighted by atomic mass is 10.1. The van der Waals surface area contributed by atoms with Gasteiger partial charge in [0.1, 0.15) is 5.69 Å². The molecule has 1 fully saturated rings. The van der Waals surface area contributed by atoms with E-state index in [1.54, 1.807) is 22.9 Å². The Morgan fingerprint density at radius 3 is 2.15 bits per heavy atom. The molecular formula is C27H24N4O2. The van der Waals surface area contributed by atoms with Crippen molar-refractivity contribution in [2.45, 2.75) is 12.8 Å². The number of amides is 2. The van der Waals surface area contributed by atoms with Crippen LogP contribution in [0.5, 0.6) is 0 Å². The van der Waals surface area contributed by atoms with Crippen LogP contribution in [0, 0.1) is 0 Å². The van der Waals surface area contributed by atoms with Crippen molar-refractivity contribution < 1.29 is 9.59 Å². The molecule has 0 bridgehead atoms. The second-order valence-corrected chi connectivity index (χ2v) is 8.03. The molecule has 2 amide bonds. The third-order valence-electron chi connectivity index (χ3n) is 5.81. The zero-order valence-corrected chi connectivity index (χ0v) is 18.1. The molecule has 1 saturated heterocycles. The zero-order valence-electron chi connectivity index (χ0n) is 18.1. The van der Waals surface area contributed by atoms with Gasteiger partial charge in [-0.1, -0.05) is 60.7 Å². The number of nitrogens with zero attached hydrogens (tertiary/aromatic N) is 3. The highest BCUT2D eigenvalue weighted by Gasteiger charge is 2.24. The average Bonchev–Trinajstić information content (AvgIpc) is 3.56. The van der Waals surface area contributed by atoms with Crippen LogP contribution in [0.25, 0.3) is 16.9 Å². The molecule has 1 aromatic heterocycles. The van der Waals surface area contributed by atoms with Crippen molar-refractivity contribution in [1.29, 1.82) is 0 Å². The summed E-state index contributed by atoms with van der Waals surface area (Å²) in [6.45, 7) is 1.50. The number of hydrogen-bond donors (Lipinski definition) is 1. The highest BCUT2D eigenvalue weighted by atomic mass is 16.2. The summed E-state index contributed by atoms with van der Waals surface area (Å²) in [5, 5.41) is 7.67. The molecule has 0 radical (unpaired) electrons. The monoisotopic (exact) mass is 436 g/mol. The number of benzene rings is 3. The van der Waals surface area contributed by atoms with E-state index in [1.165, 1.54) is 0 Å². The van der Waals surface area contributed by atoms with Crippen molar-refractivity contribution in [1.82, 2.24) is 14.7 Å². The normalized spacial score (nSPS) is 13.2. The van der Waals surface area contributed by atoms with Crippen LogP contribution in [0.2, 0.25) is 0 Å². The van der Waals surface area contributed by atoms with Crippen molar-refractivity contribution >= 4 is 17.5 Å². The number of carbonyl (C=O) groups is 2. The lowest BCUT2D eigenvalue weighted by Crippen LogP contribution is -2.29. The number of para-hydroxylation sites is 2. The predicted molar refractivity (Wildman–Crippen MR) is 129 cm³/mol. The van der Waals surface area contributed by atoms with Crippen LogP contribution < -0.4 is 5.32 Å². The number of nitrogens with one attached hydrogen (secondary N) is 1. The van der Waals surface area contributed by atoms with E-state index >= 15 is 0 Å². The van der Waals surface area contributed by atoms with Crippen LogP contribution in [0.1, 0.15) is 33.7 Å². The largest absolute Gasteiger partial charge is 0.339 e. The van der Waals surface area contributed by atoms with Gasteiger partial charge in [0.15, 0.2) is 0 Å². The summed E-state index contributed by atoms with van der Waals surface area (Å²) in [7, 11) is 0. The second-order valence-electron chi connectivity index (χ2n) is 8.03. The number of likely N-dealkylation sites (tertiary alicyclic amines) is 1. The predicted octanol–water partition coefficient (Wildman–Crippen LogP) is 5.03. The molecule has 33 heavy (non-hydrogen) atoms. The molecule has 4 aromatic rings. The first-order valence-electron chi connectivity index (χ1n) is 11.1. The molecule has 5 rings (SSSR count). The minimum Gasteiger partial charge on any atom is -0.339 e. The Bertz CT molecular complexity index is 1280. The Labute approximate surface area is 192 Å².